The molecule has 0 spiro atoms. The van der Waals surface area contributed by atoms with E-state index in [1.54, 1.807) is 24.3 Å². The molecule has 0 aromatic heterocycles. The third-order valence-corrected chi connectivity index (χ3v) is 9.67. The number of fused-ring (bicyclic) bond motifs is 6. The Morgan fingerprint density at radius 3 is 1.76 bits per heavy atom. The fourth-order valence-electron chi connectivity index (χ4n) is 6.06. The molecule has 0 bridgehead atoms. The summed E-state index contributed by atoms with van der Waals surface area (Å²) in [4.78, 5) is 2.81. The van der Waals surface area contributed by atoms with Crippen molar-refractivity contribution >= 4 is 59.2 Å². The Balaban J connectivity index is 1.61. The molecule has 0 saturated heterocycles. The first-order valence-electron chi connectivity index (χ1n) is 13.5. The zero-order chi connectivity index (χ0) is 27.6. The van der Waals surface area contributed by atoms with Crippen molar-refractivity contribution in [1.29, 1.82) is 0 Å². The third kappa shape index (κ3) is 3.49. The summed E-state index contributed by atoms with van der Waals surface area (Å²) >= 11 is 0. The Labute approximate surface area is 237 Å². The topological polar surface area (TPSA) is 46.6 Å². The van der Waals surface area contributed by atoms with Crippen LogP contribution in [0.15, 0.2) is 149 Å². The standard InChI is InChI=1S/C36H23NO3S/c38-41(39,25-13-2-1-3-14-25)36-28-17-7-6-16-27(28)35(29-23-22-24-12-4-5-15-26(24)34(29)36)37-30-18-8-10-20-32(30)40-33-21-11-9-19-31(33)37/h1-23H. The van der Waals surface area contributed by atoms with Crippen LogP contribution in [0.3, 0.4) is 0 Å². The predicted octanol–water partition coefficient (Wildman–Crippen LogP) is 9.55. The zero-order valence-electron chi connectivity index (χ0n) is 21.9. The molecule has 7 aromatic rings. The fraction of sp³-hybridized carbons (Fsp3) is 0. The molecule has 0 amide bonds. The summed E-state index contributed by atoms with van der Waals surface area (Å²) < 4.78 is 35.4. The first-order chi connectivity index (χ1) is 20.1. The van der Waals surface area contributed by atoms with Crippen molar-refractivity contribution in [1.82, 2.24) is 0 Å². The van der Waals surface area contributed by atoms with Crippen LogP contribution < -0.4 is 9.64 Å². The van der Waals surface area contributed by atoms with Gasteiger partial charge in [-0.1, -0.05) is 103 Å². The van der Waals surface area contributed by atoms with Gasteiger partial charge in [0.15, 0.2) is 11.5 Å². The lowest BCUT2D eigenvalue weighted by atomic mass is 9.94. The molecule has 1 aliphatic heterocycles. The predicted molar refractivity (Wildman–Crippen MR) is 166 cm³/mol. The van der Waals surface area contributed by atoms with Gasteiger partial charge in [-0.05, 0) is 47.2 Å². The van der Waals surface area contributed by atoms with Gasteiger partial charge in [-0.15, -0.1) is 0 Å². The van der Waals surface area contributed by atoms with Gasteiger partial charge >= 0.3 is 0 Å². The van der Waals surface area contributed by atoms with Crippen LogP contribution in [0.4, 0.5) is 17.1 Å². The smallest absolute Gasteiger partial charge is 0.207 e. The van der Waals surface area contributed by atoms with Crippen LogP contribution in [0, 0.1) is 0 Å². The average molecular weight is 550 g/mol. The van der Waals surface area contributed by atoms with E-state index in [9.17, 15) is 8.42 Å². The maximum absolute atomic E-state index is 14.6. The van der Waals surface area contributed by atoms with Crippen molar-refractivity contribution in [2.24, 2.45) is 0 Å². The largest absolute Gasteiger partial charge is 0.453 e. The van der Waals surface area contributed by atoms with Crippen molar-refractivity contribution in [2.45, 2.75) is 9.79 Å². The molecule has 8 rings (SSSR count). The van der Waals surface area contributed by atoms with Gasteiger partial charge in [0.05, 0.1) is 26.9 Å². The lowest BCUT2D eigenvalue weighted by Crippen LogP contribution is -2.17. The number of sulfone groups is 1. The molecule has 0 N–H and O–H groups in total. The lowest BCUT2D eigenvalue weighted by Gasteiger charge is -2.34. The molecule has 0 saturated carbocycles. The highest BCUT2D eigenvalue weighted by Crippen LogP contribution is 2.55. The van der Waals surface area contributed by atoms with Crippen molar-refractivity contribution < 1.29 is 13.2 Å². The molecule has 7 aromatic carbocycles. The molecule has 1 aliphatic rings. The summed E-state index contributed by atoms with van der Waals surface area (Å²) in [6.07, 6.45) is 0. The van der Waals surface area contributed by atoms with E-state index in [0.717, 1.165) is 50.1 Å². The van der Waals surface area contributed by atoms with Gasteiger partial charge in [0.2, 0.25) is 9.84 Å². The molecule has 0 atom stereocenters. The maximum atomic E-state index is 14.6. The molecule has 196 valence electrons. The van der Waals surface area contributed by atoms with E-state index in [-0.39, 0.29) is 4.90 Å². The highest BCUT2D eigenvalue weighted by Gasteiger charge is 2.32. The quantitative estimate of drug-likeness (QED) is 0.163. The fourth-order valence-corrected chi connectivity index (χ4v) is 7.77. The van der Waals surface area contributed by atoms with Crippen LogP contribution in [-0.2, 0) is 9.84 Å². The average Bonchev–Trinajstić information content (AvgIpc) is 3.03. The second kappa shape index (κ2) is 8.95. The molecule has 1 heterocycles. The molecular formula is C36H23NO3S. The minimum atomic E-state index is -3.90. The zero-order valence-corrected chi connectivity index (χ0v) is 22.7. The summed E-state index contributed by atoms with van der Waals surface area (Å²) in [6, 6.07) is 44.6. The summed E-state index contributed by atoms with van der Waals surface area (Å²) in [5.41, 5.74) is 2.70. The van der Waals surface area contributed by atoms with E-state index in [1.807, 2.05) is 103 Å². The first-order valence-corrected chi connectivity index (χ1v) is 14.9. The van der Waals surface area contributed by atoms with Crippen LogP contribution in [0.2, 0.25) is 0 Å². The van der Waals surface area contributed by atoms with Crippen LogP contribution in [-0.4, -0.2) is 8.42 Å². The second-order valence-corrected chi connectivity index (χ2v) is 12.0. The van der Waals surface area contributed by atoms with Gasteiger partial charge in [0.25, 0.3) is 0 Å². The van der Waals surface area contributed by atoms with Crippen molar-refractivity contribution in [3.63, 3.8) is 0 Å². The Bertz CT molecular complexity index is 2210. The molecule has 0 radical (unpaired) electrons. The van der Waals surface area contributed by atoms with E-state index in [4.69, 9.17) is 4.74 Å². The van der Waals surface area contributed by atoms with Gasteiger partial charge in [-0.2, -0.15) is 0 Å². The number of para-hydroxylation sites is 4. The Morgan fingerprint density at radius 1 is 0.488 bits per heavy atom. The van der Waals surface area contributed by atoms with E-state index in [1.165, 1.54) is 0 Å². The van der Waals surface area contributed by atoms with Crippen molar-refractivity contribution in [2.75, 3.05) is 4.90 Å². The first kappa shape index (κ1) is 23.7. The molecular weight excluding hydrogens is 526 g/mol. The van der Waals surface area contributed by atoms with Gasteiger partial charge in [0.1, 0.15) is 0 Å². The summed E-state index contributed by atoms with van der Waals surface area (Å²) in [5, 5.41) is 4.95. The summed E-state index contributed by atoms with van der Waals surface area (Å²) in [5.74, 6) is 1.48. The van der Waals surface area contributed by atoms with E-state index < -0.39 is 9.84 Å². The number of hydrogen-bond donors (Lipinski definition) is 0. The molecule has 0 aliphatic carbocycles. The van der Waals surface area contributed by atoms with E-state index >= 15 is 0 Å². The Morgan fingerprint density at radius 2 is 1.05 bits per heavy atom. The Hall–Kier alpha value is -5.13. The molecule has 4 nitrogen and oxygen atoms in total. The second-order valence-electron chi connectivity index (χ2n) is 10.1. The molecule has 0 unspecified atom stereocenters. The number of anilines is 3. The lowest BCUT2D eigenvalue weighted by molar-refractivity contribution is 0.477. The number of benzene rings is 7. The molecule has 41 heavy (non-hydrogen) atoms. The van der Waals surface area contributed by atoms with Crippen LogP contribution in [0.25, 0.3) is 32.3 Å². The van der Waals surface area contributed by atoms with Crippen LogP contribution in [0.5, 0.6) is 11.5 Å². The number of ether oxygens (including phenoxy) is 1. The highest BCUT2D eigenvalue weighted by molar-refractivity contribution is 7.92. The van der Waals surface area contributed by atoms with E-state index in [2.05, 4.69) is 17.0 Å². The number of hydrogen-bond acceptors (Lipinski definition) is 4. The molecule has 5 heteroatoms. The molecule has 0 fully saturated rings. The van der Waals surface area contributed by atoms with Gasteiger partial charge < -0.3 is 9.64 Å². The SMILES string of the molecule is O=S(=O)(c1ccccc1)c1c2ccccc2c(N2c3ccccc3Oc3ccccc32)c2ccc3ccccc3c12. The van der Waals surface area contributed by atoms with Crippen LogP contribution in [0.1, 0.15) is 0 Å². The van der Waals surface area contributed by atoms with Gasteiger partial charge in [-0.3, -0.25) is 0 Å². The van der Waals surface area contributed by atoms with Gasteiger partial charge in [0, 0.05) is 21.5 Å². The minimum absolute atomic E-state index is 0.272. The monoisotopic (exact) mass is 549 g/mol. The summed E-state index contributed by atoms with van der Waals surface area (Å²) in [7, 11) is -3.90. The van der Waals surface area contributed by atoms with Crippen LogP contribution >= 0.6 is 0 Å². The van der Waals surface area contributed by atoms with E-state index in [0.29, 0.717) is 15.7 Å². The Kier molecular flexibility index (Phi) is 5.18. The van der Waals surface area contributed by atoms with Crippen molar-refractivity contribution in [3.05, 3.63) is 140 Å². The summed E-state index contributed by atoms with van der Waals surface area (Å²) in [6.45, 7) is 0. The maximum Gasteiger partial charge on any atom is 0.207 e. The van der Waals surface area contributed by atoms with Crippen molar-refractivity contribution in [3.8, 4) is 11.5 Å². The normalized spacial score (nSPS) is 12.7. The minimum Gasteiger partial charge on any atom is -0.453 e. The van der Waals surface area contributed by atoms with Gasteiger partial charge in [-0.25, -0.2) is 8.42 Å². The highest BCUT2D eigenvalue weighted by atomic mass is 32.2. The number of nitrogens with zero attached hydrogens (tertiary/aromatic N) is 1. The third-order valence-electron chi connectivity index (χ3n) is 7.82. The number of rotatable bonds is 3.